The second kappa shape index (κ2) is 9.69. The minimum Gasteiger partial charge on any atom is -1.00 e. The van der Waals surface area contributed by atoms with Crippen molar-refractivity contribution in [3.8, 4) is 6.07 Å². The van der Waals surface area contributed by atoms with Gasteiger partial charge in [0.2, 0.25) is 5.69 Å². The van der Waals surface area contributed by atoms with Crippen LogP contribution in [0, 0.1) is 18.3 Å². The Morgan fingerprint density at radius 3 is 2.57 bits per heavy atom. The molecule has 0 bridgehead atoms. The summed E-state index contributed by atoms with van der Waals surface area (Å²) in [4.78, 5) is 2.25. The van der Waals surface area contributed by atoms with Gasteiger partial charge in [-0.15, -0.1) is 0 Å². The van der Waals surface area contributed by atoms with Crippen LogP contribution in [0.5, 0.6) is 0 Å². The molecule has 0 saturated heterocycles. The quantitative estimate of drug-likeness (QED) is 0.644. The molecule has 0 atom stereocenters. The molecule has 3 rings (SSSR count). The molecule has 30 heavy (non-hydrogen) atoms. The van der Waals surface area contributed by atoms with Gasteiger partial charge in [0.25, 0.3) is 0 Å². The summed E-state index contributed by atoms with van der Waals surface area (Å²) in [6.45, 7) is 10.4. The van der Waals surface area contributed by atoms with Gasteiger partial charge in [-0.25, -0.2) is 0 Å². The second-order valence-corrected chi connectivity index (χ2v) is 8.53. The number of aryl methyl sites for hydroxylation is 1. The minimum absolute atomic E-state index is 0. The third-order valence-electron chi connectivity index (χ3n) is 5.92. The molecule has 0 fully saturated rings. The highest BCUT2D eigenvalue weighted by atomic mass is 35.5. The normalized spacial score (nSPS) is 14.4. The molecule has 1 aliphatic heterocycles. The lowest BCUT2D eigenvalue weighted by Gasteiger charge is -2.22. The van der Waals surface area contributed by atoms with Crippen molar-refractivity contribution < 1.29 is 17.0 Å². The molecule has 1 heterocycles. The standard InChI is InChI=1S/C25H29ClN3.ClH/c1-6-29(15-7-14-27)21-11-8-18(2)19(16-21)9-13-24-25(3,4)22-17-20(26)10-12-23(22)28(24)5;/h8-13,16-17H,6-7,15H2,1-5H3;1H/q+1;/p-1. The average Bonchev–Trinajstić information content (AvgIpc) is 2.88. The molecule has 0 unspecified atom stereocenters. The highest BCUT2D eigenvalue weighted by Gasteiger charge is 2.42. The molecule has 2 aromatic rings. The highest BCUT2D eigenvalue weighted by molar-refractivity contribution is 6.30. The third-order valence-corrected chi connectivity index (χ3v) is 6.15. The van der Waals surface area contributed by atoms with Crippen LogP contribution in [0.4, 0.5) is 11.4 Å². The first-order chi connectivity index (χ1) is 13.8. The Hall–Kier alpha value is -2.28. The van der Waals surface area contributed by atoms with Gasteiger partial charge >= 0.3 is 0 Å². The zero-order valence-electron chi connectivity index (χ0n) is 18.3. The van der Waals surface area contributed by atoms with Crippen LogP contribution in [-0.2, 0) is 5.41 Å². The molecule has 0 N–H and O–H groups in total. The van der Waals surface area contributed by atoms with Gasteiger partial charge in [0, 0.05) is 41.5 Å². The molecule has 0 radical (unpaired) electrons. The van der Waals surface area contributed by atoms with E-state index in [0.29, 0.717) is 6.42 Å². The fourth-order valence-corrected chi connectivity index (χ4v) is 4.31. The van der Waals surface area contributed by atoms with Crippen molar-refractivity contribution in [2.75, 3.05) is 25.0 Å². The number of hydrogen-bond donors (Lipinski definition) is 0. The Balaban J connectivity index is 0.00000320. The molecule has 5 heteroatoms. The van der Waals surface area contributed by atoms with Gasteiger partial charge in [-0.3, -0.25) is 0 Å². The zero-order valence-corrected chi connectivity index (χ0v) is 19.8. The largest absolute Gasteiger partial charge is 1.00 e. The number of allylic oxidation sites excluding steroid dienone is 1. The number of hydrogen-bond acceptors (Lipinski definition) is 2. The molecule has 0 spiro atoms. The summed E-state index contributed by atoms with van der Waals surface area (Å²) in [5, 5.41) is 9.70. The number of rotatable bonds is 6. The fourth-order valence-electron chi connectivity index (χ4n) is 4.14. The van der Waals surface area contributed by atoms with E-state index < -0.39 is 0 Å². The van der Waals surface area contributed by atoms with Crippen LogP contribution in [0.2, 0.25) is 5.02 Å². The monoisotopic (exact) mass is 441 g/mol. The summed E-state index contributed by atoms with van der Waals surface area (Å²) >= 11 is 6.27. The van der Waals surface area contributed by atoms with E-state index in [2.05, 4.69) is 92.8 Å². The Morgan fingerprint density at radius 1 is 1.17 bits per heavy atom. The van der Waals surface area contributed by atoms with Gasteiger partial charge in [0.15, 0.2) is 5.71 Å². The van der Waals surface area contributed by atoms with Gasteiger partial charge < -0.3 is 17.3 Å². The average molecular weight is 442 g/mol. The summed E-state index contributed by atoms with van der Waals surface area (Å²) in [5.41, 5.74) is 7.19. The zero-order chi connectivity index (χ0) is 21.2. The summed E-state index contributed by atoms with van der Waals surface area (Å²) in [7, 11) is 2.12. The SMILES string of the molecule is CCN(CCC#N)c1ccc(C)c(C=CC2=[N+](C)c3ccc(Cl)cc3C2(C)C)c1.[Cl-]. The maximum Gasteiger partial charge on any atom is 0.209 e. The van der Waals surface area contributed by atoms with Crippen molar-refractivity contribution in [1.29, 1.82) is 5.26 Å². The maximum absolute atomic E-state index is 8.92. The van der Waals surface area contributed by atoms with Crippen LogP contribution in [0.3, 0.4) is 0 Å². The van der Waals surface area contributed by atoms with Gasteiger partial charge in [0.1, 0.15) is 7.05 Å². The van der Waals surface area contributed by atoms with E-state index in [-0.39, 0.29) is 17.8 Å². The van der Waals surface area contributed by atoms with E-state index in [1.54, 1.807) is 0 Å². The number of anilines is 1. The molecular weight excluding hydrogens is 413 g/mol. The molecule has 0 amide bonds. The Kier molecular flexibility index (Phi) is 7.75. The first kappa shape index (κ1) is 24.0. The summed E-state index contributed by atoms with van der Waals surface area (Å²) in [6, 6.07) is 14.9. The topological polar surface area (TPSA) is 30.0 Å². The van der Waals surface area contributed by atoms with Crippen LogP contribution in [0.1, 0.15) is 43.9 Å². The van der Waals surface area contributed by atoms with Gasteiger partial charge in [0.05, 0.1) is 17.9 Å². The molecule has 3 nitrogen and oxygen atoms in total. The molecular formula is C25H29Cl2N3. The lowest BCUT2D eigenvalue weighted by molar-refractivity contribution is -0.401. The lowest BCUT2D eigenvalue weighted by Crippen LogP contribution is -3.00. The van der Waals surface area contributed by atoms with Gasteiger partial charge in [-0.2, -0.15) is 9.84 Å². The number of nitriles is 1. The minimum atomic E-state index is -0.112. The van der Waals surface area contributed by atoms with E-state index in [9.17, 15) is 0 Å². The van der Waals surface area contributed by atoms with E-state index in [1.807, 2.05) is 6.07 Å². The number of nitrogens with zero attached hydrogens (tertiary/aromatic N) is 3. The van der Waals surface area contributed by atoms with Crippen molar-refractivity contribution >= 4 is 34.8 Å². The molecule has 0 saturated carbocycles. The highest BCUT2D eigenvalue weighted by Crippen LogP contribution is 2.40. The van der Waals surface area contributed by atoms with Crippen molar-refractivity contribution in [3.63, 3.8) is 0 Å². The van der Waals surface area contributed by atoms with Crippen LogP contribution >= 0.6 is 11.6 Å². The Bertz CT molecular complexity index is 1030. The van der Waals surface area contributed by atoms with Crippen molar-refractivity contribution in [3.05, 3.63) is 64.2 Å². The number of benzene rings is 2. The van der Waals surface area contributed by atoms with Crippen LogP contribution in [0.25, 0.3) is 6.08 Å². The van der Waals surface area contributed by atoms with E-state index in [0.717, 1.165) is 23.8 Å². The van der Waals surface area contributed by atoms with E-state index in [4.69, 9.17) is 16.9 Å². The molecule has 1 aliphatic rings. The van der Waals surface area contributed by atoms with Gasteiger partial charge in [-0.05, 0) is 69.2 Å². The first-order valence-corrected chi connectivity index (χ1v) is 10.5. The van der Waals surface area contributed by atoms with Crippen molar-refractivity contribution in [2.24, 2.45) is 0 Å². The first-order valence-electron chi connectivity index (χ1n) is 10.1. The number of fused-ring (bicyclic) bond motifs is 1. The lowest BCUT2D eigenvalue weighted by atomic mass is 9.81. The summed E-state index contributed by atoms with van der Waals surface area (Å²) in [6.07, 6.45) is 4.97. The third kappa shape index (κ3) is 4.56. The van der Waals surface area contributed by atoms with Crippen molar-refractivity contribution in [1.82, 2.24) is 0 Å². The molecule has 2 aromatic carbocycles. The summed E-state index contributed by atoms with van der Waals surface area (Å²) in [5.74, 6) is 0. The van der Waals surface area contributed by atoms with Crippen LogP contribution in [0.15, 0.2) is 42.5 Å². The van der Waals surface area contributed by atoms with Crippen LogP contribution < -0.4 is 17.3 Å². The fraction of sp³-hybridized carbons (Fsp3) is 0.360. The Morgan fingerprint density at radius 2 is 1.90 bits per heavy atom. The van der Waals surface area contributed by atoms with E-state index in [1.165, 1.54) is 28.1 Å². The number of halogens is 2. The van der Waals surface area contributed by atoms with Crippen molar-refractivity contribution in [2.45, 2.75) is 39.5 Å². The molecule has 0 aliphatic carbocycles. The van der Waals surface area contributed by atoms with Crippen LogP contribution in [-0.4, -0.2) is 30.4 Å². The summed E-state index contributed by atoms with van der Waals surface area (Å²) < 4.78 is 2.26. The smallest absolute Gasteiger partial charge is 0.209 e. The Labute approximate surface area is 191 Å². The maximum atomic E-state index is 8.92. The molecule has 0 aromatic heterocycles. The van der Waals surface area contributed by atoms with E-state index >= 15 is 0 Å². The molecule has 158 valence electrons. The predicted octanol–water partition coefficient (Wildman–Crippen LogP) is 3.11. The predicted molar refractivity (Wildman–Crippen MR) is 124 cm³/mol. The van der Waals surface area contributed by atoms with Gasteiger partial charge in [-0.1, -0.05) is 17.7 Å². The second-order valence-electron chi connectivity index (χ2n) is 8.09.